The van der Waals surface area contributed by atoms with Gasteiger partial charge < -0.3 is 5.32 Å². The van der Waals surface area contributed by atoms with Crippen molar-refractivity contribution in [2.45, 2.75) is 25.4 Å². The topological polar surface area (TPSA) is 50.2 Å². The van der Waals surface area contributed by atoms with Crippen LogP contribution in [0.25, 0.3) is 0 Å². The molecule has 1 fully saturated rings. The van der Waals surface area contributed by atoms with Crippen LogP contribution in [0.15, 0.2) is 35.3 Å². The van der Waals surface area contributed by atoms with Gasteiger partial charge in [-0.2, -0.15) is 5.10 Å². The van der Waals surface area contributed by atoms with Crippen molar-refractivity contribution in [3.8, 4) is 0 Å². The number of nitrogens with one attached hydrogen (secondary N) is 1. The maximum absolute atomic E-state index is 12.9. The highest BCUT2D eigenvalue weighted by Crippen LogP contribution is 2.21. The van der Waals surface area contributed by atoms with E-state index in [1.54, 1.807) is 13.2 Å². The summed E-state index contributed by atoms with van der Waals surface area (Å²) in [4.78, 5) is 14.1. The third-order valence-corrected chi connectivity index (χ3v) is 4.71. The Morgan fingerprint density at radius 2 is 1.96 bits per heavy atom. The van der Waals surface area contributed by atoms with E-state index in [1.165, 1.54) is 16.8 Å². The third-order valence-electron chi connectivity index (χ3n) is 4.34. The third kappa shape index (κ3) is 3.94. The molecule has 1 aliphatic rings. The fraction of sp³-hybridized carbons (Fsp3) is 0.412. The van der Waals surface area contributed by atoms with Crippen molar-refractivity contribution in [3.05, 3.63) is 57.2 Å². The minimum Gasteiger partial charge on any atom is -0.380 e. The van der Waals surface area contributed by atoms with E-state index in [1.807, 2.05) is 12.1 Å². The molecule has 0 radical (unpaired) electrons. The van der Waals surface area contributed by atoms with Crippen molar-refractivity contribution in [1.82, 2.24) is 14.7 Å². The number of aromatic nitrogens is 2. The average Bonchev–Trinajstić information content (AvgIpc) is 2.59. The zero-order chi connectivity index (χ0) is 17.1. The number of hydrogen-bond acceptors (Lipinski definition) is 4. The maximum Gasteiger partial charge on any atom is 0.287 e. The molecule has 24 heavy (non-hydrogen) atoms. The molecule has 5 nitrogen and oxygen atoms in total. The summed E-state index contributed by atoms with van der Waals surface area (Å²) in [6.07, 6.45) is 3.49. The van der Waals surface area contributed by atoms with Crippen molar-refractivity contribution >= 4 is 17.3 Å². The van der Waals surface area contributed by atoms with Crippen LogP contribution in [0.3, 0.4) is 0 Å². The number of nitrogens with zero attached hydrogens (tertiary/aromatic N) is 3. The first-order chi connectivity index (χ1) is 11.5. The number of anilines is 1. The molecule has 1 N–H and O–H groups in total. The number of benzene rings is 1. The molecule has 0 spiro atoms. The minimum absolute atomic E-state index is 0.182. The molecule has 2 aromatic rings. The second-order valence-corrected chi connectivity index (χ2v) is 6.50. The van der Waals surface area contributed by atoms with Crippen LogP contribution in [-0.2, 0) is 13.6 Å². The monoisotopic (exact) mass is 350 g/mol. The Kier molecular flexibility index (Phi) is 5.16. The largest absolute Gasteiger partial charge is 0.380 e. The Morgan fingerprint density at radius 3 is 2.62 bits per heavy atom. The second-order valence-electron chi connectivity index (χ2n) is 6.12. The molecule has 0 atom stereocenters. The smallest absolute Gasteiger partial charge is 0.287 e. The Labute approximate surface area is 145 Å². The predicted molar refractivity (Wildman–Crippen MR) is 92.8 cm³/mol. The highest BCUT2D eigenvalue weighted by atomic mass is 35.5. The SMILES string of the molecule is Cn1ncc(NC2CCN(Cc3ccc(F)cc3)CC2)c(Cl)c1=O. The van der Waals surface area contributed by atoms with Gasteiger partial charge in [-0.3, -0.25) is 9.69 Å². The molecule has 2 heterocycles. The van der Waals surface area contributed by atoms with Gasteiger partial charge in [-0.05, 0) is 30.5 Å². The van der Waals surface area contributed by atoms with Crippen LogP contribution >= 0.6 is 11.6 Å². The molecule has 1 aliphatic heterocycles. The van der Waals surface area contributed by atoms with E-state index in [0.29, 0.717) is 5.69 Å². The molecular weight excluding hydrogens is 331 g/mol. The van der Waals surface area contributed by atoms with Gasteiger partial charge in [-0.1, -0.05) is 23.7 Å². The fourth-order valence-corrected chi connectivity index (χ4v) is 3.14. The molecule has 0 aliphatic carbocycles. The van der Waals surface area contributed by atoms with Gasteiger partial charge >= 0.3 is 0 Å². The van der Waals surface area contributed by atoms with Crippen LogP contribution in [0.5, 0.6) is 0 Å². The molecule has 0 amide bonds. The van der Waals surface area contributed by atoms with E-state index < -0.39 is 0 Å². The van der Waals surface area contributed by atoms with Crippen molar-refractivity contribution < 1.29 is 4.39 Å². The first-order valence-corrected chi connectivity index (χ1v) is 8.36. The molecule has 1 saturated heterocycles. The molecule has 0 saturated carbocycles. The summed E-state index contributed by atoms with van der Waals surface area (Å²) in [6, 6.07) is 6.90. The first kappa shape index (κ1) is 16.9. The van der Waals surface area contributed by atoms with E-state index in [4.69, 9.17) is 11.6 Å². The van der Waals surface area contributed by atoms with Gasteiger partial charge in [-0.25, -0.2) is 9.07 Å². The van der Waals surface area contributed by atoms with Crippen LogP contribution in [0, 0.1) is 5.82 Å². The van der Waals surface area contributed by atoms with Crippen LogP contribution in [-0.4, -0.2) is 33.8 Å². The molecular formula is C17H20ClFN4O. The van der Waals surface area contributed by atoms with Gasteiger partial charge in [0.15, 0.2) is 0 Å². The van der Waals surface area contributed by atoms with Gasteiger partial charge in [0.2, 0.25) is 0 Å². The highest BCUT2D eigenvalue weighted by molar-refractivity contribution is 6.32. The lowest BCUT2D eigenvalue weighted by molar-refractivity contribution is 0.211. The number of piperidine rings is 1. The first-order valence-electron chi connectivity index (χ1n) is 7.98. The fourth-order valence-electron chi connectivity index (χ4n) is 2.91. The minimum atomic E-state index is -0.296. The van der Waals surface area contributed by atoms with E-state index in [9.17, 15) is 9.18 Å². The Balaban J connectivity index is 1.55. The van der Waals surface area contributed by atoms with Crippen LogP contribution in [0.1, 0.15) is 18.4 Å². The number of likely N-dealkylation sites (tertiary alicyclic amines) is 1. The lowest BCUT2D eigenvalue weighted by Crippen LogP contribution is -2.39. The zero-order valence-electron chi connectivity index (χ0n) is 13.5. The summed E-state index contributed by atoms with van der Waals surface area (Å²) in [6.45, 7) is 2.69. The second kappa shape index (κ2) is 7.32. The summed E-state index contributed by atoms with van der Waals surface area (Å²) in [7, 11) is 1.58. The lowest BCUT2D eigenvalue weighted by atomic mass is 10.0. The Bertz CT molecular complexity index is 754. The maximum atomic E-state index is 12.9. The van der Waals surface area contributed by atoms with Gasteiger partial charge in [-0.15, -0.1) is 0 Å². The Morgan fingerprint density at radius 1 is 1.29 bits per heavy atom. The van der Waals surface area contributed by atoms with Gasteiger partial charge in [0.1, 0.15) is 10.8 Å². The molecule has 0 unspecified atom stereocenters. The zero-order valence-corrected chi connectivity index (χ0v) is 14.3. The van der Waals surface area contributed by atoms with E-state index in [0.717, 1.165) is 38.0 Å². The number of halogens is 2. The van der Waals surface area contributed by atoms with Crippen molar-refractivity contribution in [3.63, 3.8) is 0 Å². The summed E-state index contributed by atoms with van der Waals surface area (Å²) >= 11 is 6.09. The summed E-state index contributed by atoms with van der Waals surface area (Å²) < 4.78 is 14.2. The van der Waals surface area contributed by atoms with Crippen molar-refractivity contribution in [1.29, 1.82) is 0 Å². The van der Waals surface area contributed by atoms with Gasteiger partial charge in [0.25, 0.3) is 5.56 Å². The number of rotatable bonds is 4. The molecule has 1 aromatic carbocycles. The van der Waals surface area contributed by atoms with Gasteiger partial charge in [0.05, 0.1) is 11.9 Å². The lowest BCUT2D eigenvalue weighted by Gasteiger charge is -2.33. The van der Waals surface area contributed by atoms with Crippen molar-refractivity contribution in [2.75, 3.05) is 18.4 Å². The quantitative estimate of drug-likeness (QED) is 0.921. The predicted octanol–water partition coefficient (Wildman–Crippen LogP) is 2.65. The highest BCUT2D eigenvalue weighted by Gasteiger charge is 2.20. The van der Waals surface area contributed by atoms with Crippen LogP contribution in [0.4, 0.5) is 10.1 Å². The van der Waals surface area contributed by atoms with Crippen LogP contribution in [0.2, 0.25) is 5.02 Å². The molecule has 1 aromatic heterocycles. The molecule has 3 rings (SSSR count). The number of aryl methyl sites for hydroxylation is 1. The van der Waals surface area contributed by atoms with Gasteiger partial charge in [0, 0.05) is 32.7 Å². The standard InChI is InChI=1S/C17H20ClFN4O/c1-22-17(24)16(18)15(10-20-22)21-14-6-8-23(9-7-14)11-12-2-4-13(19)5-3-12/h2-5,10,14,21H,6-9,11H2,1H3. The van der Waals surface area contributed by atoms with E-state index >= 15 is 0 Å². The summed E-state index contributed by atoms with van der Waals surface area (Å²) in [5.74, 6) is -0.207. The average molecular weight is 351 g/mol. The normalized spacial score (nSPS) is 16.3. The molecule has 7 heteroatoms. The summed E-state index contributed by atoms with van der Waals surface area (Å²) in [5, 5.41) is 7.51. The Hall–Kier alpha value is -1.92. The van der Waals surface area contributed by atoms with E-state index in [-0.39, 0.29) is 22.4 Å². The number of hydrogen-bond donors (Lipinski definition) is 1. The van der Waals surface area contributed by atoms with E-state index in [2.05, 4.69) is 15.3 Å². The summed E-state index contributed by atoms with van der Waals surface area (Å²) in [5.41, 5.74) is 1.41. The van der Waals surface area contributed by atoms with Crippen LogP contribution < -0.4 is 10.9 Å². The molecule has 0 bridgehead atoms. The molecule has 128 valence electrons. The van der Waals surface area contributed by atoms with Crippen molar-refractivity contribution in [2.24, 2.45) is 7.05 Å².